The van der Waals surface area contributed by atoms with Crippen LogP contribution in [0.1, 0.15) is 11.7 Å². The van der Waals surface area contributed by atoms with Gasteiger partial charge in [0.15, 0.2) is 0 Å². The quantitative estimate of drug-likeness (QED) is 0.843. The molecule has 0 fully saturated rings. The van der Waals surface area contributed by atoms with Crippen LogP contribution in [0, 0.1) is 0 Å². The summed E-state index contributed by atoms with van der Waals surface area (Å²) in [5.41, 5.74) is 5.84. The van der Waals surface area contributed by atoms with Crippen LogP contribution in [0.15, 0.2) is 12.1 Å². The predicted octanol–water partition coefficient (Wildman–Crippen LogP) is 1.99. The summed E-state index contributed by atoms with van der Waals surface area (Å²) in [6.45, 7) is 0.102. The van der Waals surface area contributed by atoms with E-state index in [1.165, 1.54) is 13.2 Å². The van der Waals surface area contributed by atoms with Crippen LogP contribution >= 0.6 is 23.2 Å². The maximum absolute atomic E-state index is 9.51. The minimum absolute atomic E-state index is 0.102. The Bertz CT molecular complexity index is 331. The van der Waals surface area contributed by atoms with Crippen molar-refractivity contribution < 1.29 is 9.84 Å². The molecule has 1 unspecified atom stereocenters. The van der Waals surface area contributed by atoms with Crippen molar-refractivity contribution in [2.75, 3.05) is 13.7 Å². The zero-order valence-electron chi connectivity index (χ0n) is 7.63. The van der Waals surface area contributed by atoms with E-state index >= 15 is 0 Å². The first-order valence-corrected chi connectivity index (χ1v) is 4.76. The van der Waals surface area contributed by atoms with Crippen molar-refractivity contribution in [1.82, 2.24) is 0 Å². The Morgan fingerprint density at radius 3 is 2.57 bits per heavy atom. The largest absolute Gasteiger partial charge is 0.495 e. The lowest BCUT2D eigenvalue weighted by atomic mass is 10.1. The second-order valence-electron chi connectivity index (χ2n) is 2.76. The van der Waals surface area contributed by atoms with Gasteiger partial charge in [0, 0.05) is 17.1 Å². The van der Waals surface area contributed by atoms with Crippen molar-refractivity contribution in [2.45, 2.75) is 6.10 Å². The molecule has 0 saturated carbocycles. The Kier molecular flexibility index (Phi) is 4.01. The van der Waals surface area contributed by atoms with Gasteiger partial charge in [-0.25, -0.2) is 0 Å². The van der Waals surface area contributed by atoms with E-state index < -0.39 is 6.10 Å². The number of halogens is 2. The van der Waals surface area contributed by atoms with Crippen molar-refractivity contribution in [2.24, 2.45) is 5.73 Å². The SMILES string of the molecule is COc1cc(C(O)CN)c(Cl)cc1Cl. The van der Waals surface area contributed by atoms with Gasteiger partial charge in [0.25, 0.3) is 0 Å². The second-order valence-corrected chi connectivity index (χ2v) is 3.57. The molecular formula is C9H11Cl2NO2. The summed E-state index contributed by atoms with van der Waals surface area (Å²) in [6.07, 6.45) is -0.798. The summed E-state index contributed by atoms with van der Waals surface area (Å²) in [5, 5.41) is 10.3. The smallest absolute Gasteiger partial charge is 0.137 e. The van der Waals surface area contributed by atoms with Crippen LogP contribution in [-0.2, 0) is 0 Å². The Morgan fingerprint density at radius 1 is 1.43 bits per heavy atom. The summed E-state index contributed by atoms with van der Waals surface area (Å²) in [7, 11) is 1.49. The third kappa shape index (κ3) is 2.30. The first-order chi connectivity index (χ1) is 6.60. The van der Waals surface area contributed by atoms with Crippen LogP contribution in [0.4, 0.5) is 0 Å². The third-order valence-electron chi connectivity index (χ3n) is 1.85. The van der Waals surface area contributed by atoms with E-state index in [0.29, 0.717) is 21.4 Å². The standard InChI is InChI=1S/C9H11Cl2NO2/c1-14-9-2-5(8(13)4-12)6(10)3-7(9)11/h2-3,8,13H,4,12H2,1H3. The molecule has 0 heterocycles. The molecule has 1 atom stereocenters. The molecule has 0 aliphatic rings. The van der Waals surface area contributed by atoms with E-state index in [1.807, 2.05) is 0 Å². The molecule has 0 aliphatic carbocycles. The monoisotopic (exact) mass is 235 g/mol. The fourth-order valence-corrected chi connectivity index (χ4v) is 1.67. The van der Waals surface area contributed by atoms with E-state index in [-0.39, 0.29) is 6.54 Å². The van der Waals surface area contributed by atoms with Crippen molar-refractivity contribution in [1.29, 1.82) is 0 Å². The first kappa shape index (κ1) is 11.6. The Morgan fingerprint density at radius 2 is 2.07 bits per heavy atom. The van der Waals surface area contributed by atoms with E-state index in [2.05, 4.69) is 0 Å². The number of aliphatic hydroxyl groups is 1. The highest BCUT2D eigenvalue weighted by molar-refractivity contribution is 6.36. The Labute approximate surface area is 92.4 Å². The van der Waals surface area contributed by atoms with Gasteiger partial charge in [0.05, 0.1) is 18.2 Å². The van der Waals surface area contributed by atoms with Crippen molar-refractivity contribution >= 4 is 23.2 Å². The molecule has 3 nitrogen and oxygen atoms in total. The summed E-state index contributed by atoms with van der Waals surface area (Å²) >= 11 is 11.7. The average Bonchev–Trinajstić information content (AvgIpc) is 2.17. The number of benzene rings is 1. The molecule has 14 heavy (non-hydrogen) atoms. The lowest BCUT2D eigenvalue weighted by molar-refractivity contribution is 0.186. The summed E-state index contributed by atoms with van der Waals surface area (Å²) in [5.74, 6) is 0.471. The van der Waals surface area contributed by atoms with Gasteiger partial charge in [-0.05, 0) is 12.1 Å². The minimum Gasteiger partial charge on any atom is -0.495 e. The number of hydrogen-bond acceptors (Lipinski definition) is 3. The molecule has 1 rings (SSSR count). The first-order valence-electron chi connectivity index (χ1n) is 4.01. The van der Waals surface area contributed by atoms with E-state index in [0.717, 1.165) is 0 Å². The Balaban J connectivity index is 3.17. The maximum Gasteiger partial charge on any atom is 0.137 e. The van der Waals surface area contributed by atoms with E-state index in [1.54, 1.807) is 6.07 Å². The summed E-state index contributed by atoms with van der Waals surface area (Å²) in [4.78, 5) is 0. The lowest BCUT2D eigenvalue weighted by Gasteiger charge is -2.12. The molecule has 5 heteroatoms. The van der Waals surface area contributed by atoms with Crippen LogP contribution in [0.5, 0.6) is 5.75 Å². The number of rotatable bonds is 3. The molecule has 0 amide bonds. The highest BCUT2D eigenvalue weighted by Crippen LogP contribution is 2.33. The van der Waals surface area contributed by atoms with Crippen LogP contribution in [-0.4, -0.2) is 18.8 Å². The minimum atomic E-state index is -0.798. The molecule has 0 aliphatic heterocycles. The molecule has 1 aromatic carbocycles. The van der Waals surface area contributed by atoms with Crippen LogP contribution in [0.25, 0.3) is 0 Å². The maximum atomic E-state index is 9.51. The molecule has 1 aromatic rings. The zero-order valence-corrected chi connectivity index (χ0v) is 9.14. The van der Waals surface area contributed by atoms with Crippen LogP contribution < -0.4 is 10.5 Å². The summed E-state index contributed by atoms with van der Waals surface area (Å²) in [6, 6.07) is 3.11. The molecule has 0 radical (unpaired) electrons. The number of aliphatic hydroxyl groups excluding tert-OH is 1. The molecule has 0 aromatic heterocycles. The van der Waals surface area contributed by atoms with Crippen LogP contribution in [0.2, 0.25) is 10.0 Å². The fraction of sp³-hybridized carbons (Fsp3) is 0.333. The molecule has 78 valence electrons. The van der Waals surface area contributed by atoms with Gasteiger partial charge in [0.1, 0.15) is 5.75 Å². The van der Waals surface area contributed by atoms with Crippen molar-refractivity contribution in [3.63, 3.8) is 0 Å². The lowest BCUT2D eigenvalue weighted by Crippen LogP contribution is -2.12. The number of nitrogens with two attached hydrogens (primary N) is 1. The number of hydrogen-bond donors (Lipinski definition) is 2. The molecular weight excluding hydrogens is 225 g/mol. The normalized spacial score (nSPS) is 12.6. The molecule has 0 bridgehead atoms. The Hall–Kier alpha value is -0.480. The van der Waals surface area contributed by atoms with Gasteiger partial charge < -0.3 is 15.6 Å². The highest BCUT2D eigenvalue weighted by Gasteiger charge is 2.13. The zero-order chi connectivity index (χ0) is 10.7. The topological polar surface area (TPSA) is 55.5 Å². The van der Waals surface area contributed by atoms with Crippen LogP contribution in [0.3, 0.4) is 0 Å². The average molecular weight is 236 g/mol. The van der Waals surface area contributed by atoms with Gasteiger partial charge in [-0.1, -0.05) is 23.2 Å². The van der Waals surface area contributed by atoms with Gasteiger partial charge in [-0.15, -0.1) is 0 Å². The predicted molar refractivity (Wildman–Crippen MR) is 57.0 cm³/mol. The van der Waals surface area contributed by atoms with Gasteiger partial charge >= 0.3 is 0 Å². The van der Waals surface area contributed by atoms with E-state index in [4.69, 9.17) is 33.7 Å². The van der Waals surface area contributed by atoms with Crippen molar-refractivity contribution in [3.8, 4) is 5.75 Å². The van der Waals surface area contributed by atoms with Gasteiger partial charge in [0.2, 0.25) is 0 Å². The molecule has 0 spiro atoms. The second kappa shape index (κ2) is 4.84. The number of methoxy groups -OCH3 is 1. The fourth-order valence-electron chi connectivity index (χ4n) is 1.08. The van der Waals surface area contributed by atoms with Gasteiger partial charge in [-0.3, -0.25) is 0 Å². The third-order valence-corrected chi connectivity index (χ3v) is 2.48. The molecule has 3 N–H and O–H groups in total. The van der Waals surface area contributed by atoms with E-state index in [9.17, 15) is 5.11 Å². The summed E-state index contributed by atoms with van der Waals surface area (Å²) < 4.78 is 4.99. The highest BCUT2D eigenvalue weighted by atomic mass is 35.5. The molecule has 0 saturated heterocycles. The van der Waals surface area contributed by atoms with Crippen molar-refractivity contribution in [3.05, 3.63) is 27.7 Å². The number of ether oxygens (including phenoxy) is 1. The van der Waals surface area contributed by atoms with Gasteiger partial charge in [-0.2, -0.15) is 0 Å².